The standard InChI is InChI=1S/C16H23NOS/c1-3-7-13-11-8-5-6-9-14-12(11)10-15(19-14)16(17-13)18-4-2/h10-11,13H,3-9H2,1-2H3. The molecule has 0 amide bonds. The molecule has 3 rings (SSSR count). The number of fused-ring (bicyclic) bond motifs is 1. The molecule has 2 unspecified atom stereocenters. The molecular weight excluding hydrogens is 254 g/mol. The molecule has 2 atom stereocenters. The Bertz CT molecular complexity index is 477. The molecule has 0 spiro atoms. The lowest BCUT2D eigenvalue weighted by Crippen LogP contribution is -2.18. The lowest BCUT2D eigenvalue weighted by Gasteiger charge is -2.23. The highest BCUT2D eigenvalue weighted by molar-refractivity contribution is 7.14. The molecule has 0 N–H and O–H groups in total. The van der Waals surface area contributed by atoms with Gasteiger partial charge in [0.15, 0.2) is 0 Å². The average Bonchev–Trinajstić information content (AvgIpc) is 2.63. The van der Waals surface area contributed by atoms with E-state index in [0.717, 1.165) is 5.90 Å². The molecular formula is C16H23NOS. The molecule has 1 aliphatic carbocycles. The van der Waals surface area contributed by atoms with Crippen LogP contribution in [0.3, 0.4) is 0 Å². The number of rotatable bonds is 3. The molecule has 0 aromatic carbocycles. The molecule has 1 aliphatic heterocycles. The van der Waals surface area contributed by atoms with Gasteiger partial charge in [0.2, 0.25) is 5.90 Å². The molecule has 0 fully saturated rings. The van der Waals surface area contributed by atoms with E-state index in [1.807, 2.05) is 18.3 Å². The van der Waals surface area contributed by atoms with Crippen molar-refractivity contribution < 1.29 is 4.74 Å². The molecule has 0 radical (unpaired) electrons. The van der Waals surface area contributed by atoms with Crippen LogP contribution in [-0.2, 0) is 11.2 Å². The van der Waals surface area contributed by atoms with Crippen molar-refractivity contribution in [1.29, 1.82) is 0 Å². The van der Waals surface area contributed by atoms with E-state index in [2.05, 4.69) is 13.0 Å². The van der Waals surface area contributed by atoms with Crippen molar-refractivity contribution in [2.24, 2.45) is 4.99 Å². The van der Waals surface area contributed by atoms with Gasteiger partial charge in [-0.15, -0.1) is 11.3 Å². The minimum Gasteiger partial charge on any atom is -0.477 e. The van der Waals surface area contributed by atoms with Crippen molar-refractivity contribution in [3.63, 3.8) is 0 Å². The van der Waals surface area contributed by atoms with Crippen molar-refractivity contribution in [3.05, 3.63) is 21.4 Å². The van der Waals surface area contributed by atoms with Gasteiger partial charge in [-0.25, -0.2) is 4.99 Å². The third-order valence-corrected chi connectivity index (χ3v) is 5.43. The van der Waals surface area contributed by atoms with Crippen LogP contribution in [0.2, 0.25) is 0 Å². The van der Waals surface area contributed by atoms with Gasteiger partial charge in [-0.2, -0.15) is 0 Å². The molecule has 3 heteroatoms. The minimum absolute atomic E-state index is 0.435. The van der Waals surface area contributed by atoms with Crippen LogP contribution in [0.1, 0.15) is 67.2 Å². The van der Waals surface area contributed by atoms with Crippen molar-refractivity contribution in [1.82, 2.24) is 0 Å². The number of hydrogen-bond donors (Lipinski definition) is 0. The summed E-state index contributed by atoms with van der Waals surface area (Å²) in [6.07, 6.45) is 7.64. The van der Waals surface area contributed by atoms with E-state index < -0.39 is 0 Å². The van der Waals surface area contributed by atoms with E-state index in [1.165, 1.54) is 43.4 Å². The molecule has 0 saturated carbocycles. The predicted octanol–water partition coefficient (Wildman–Crippen LogP) is 4.52. The maximum atomic E-state index is 5.81. The SMILES string of the molecule is CCCC1N=C(OCC)c2cc3c(s2)CCCCC31. The van der Waals surface area contributed by atoms with Crippen molar-refractivity contribution >= 4 is 17.2 Å². The Labute approximate surface area is 119 Å². The highest BCUT2D eigenvalue weighted by Gasteiger charge is 2.32. The largest absolute Gasteiger partial charge is 0.477 e. The van der Waals surface area contributed by atoms with Gasteiger partial charge in [0.1, 0.15) is 0 Å². The van der Waals surface area contributed by atoms with E-state index in [-0.39, 0.29) is 0 Å². The van der Waals surface area contributed by atoms with E-state index in [0.29, 0.717) is 18.6 Å². The normalized spacial score (nSPS) is 25.5. The molecule has 19 heavy (non-hydrogen) atoms. The van der Waals surface area contributed by atoms with E-state index >= 15 is 0 Å². The van der Waals surface area contributed by atoms with E-state index in [4.69, 9.17) is 9.73 Å². The number of thiophene rings is 1. The lowest BCUT2D eigenvalue weighted by atomic mass is 9.87. The predicted molar refractivity (Wildman–Crippen MR) is 81.5 cm³/mol. The number of aliphatic imine (C=N–C) groups is 1. The summed E-state index contributed by atoms with van der Waals surface area (Å²) in [5.74, 6) is 1.54. The smallest absolute Gasteiger partial charge is 0.226 e. The van der Waals surface area contributed by atoms with Gasteiger partial charge < -0.3 is 4.74 Å². The molecule has 2 heterocycles. The number of aryl methyl sites for hydroxylation is 1. The fraction of sp³-hybridized carbons (Fsp3) is 0.688. The second kappa shape index (κ2) is 5.66. The third-order valence-electron chi connectivity index (χ3n) is 4.23. The number of hydrogen-bond acceptors (Lipinski definition) is 3. The first kappa shape index (κ1) is 13.2. The monoisotopic (exact) mass is 277 g/mol. The van der Waals surface area contributed by atoms with Gasteiger partial charge in [0.25, 0.3) is 0 Å². The fourth-order valence-corrected chi connectivity index (χ4v) is 4.60. The van der Waals surface area contributed by atoms with Crippen molar-refractivity contribution in [3.8, 4) is 0 Å². The van der Waals surface area contributed by atoms with Crippen LogP contribution in [0.25, 0.3) is 0 Å². The summed E-state index contributed by atoms with van der Waals surface area (Å²) in [6, 6.07) is 2.81. The molecule has 0 saturated heterocycles. The first-order chi connectivity index (χ1) is 9.33. The summed E-state index contributed by atoms with van der Waals surface area (Å²) in [4.78, 5) is 7.84. The molecule has 104 valence electrons. The molecule has 1 aromatic heterocycles. The third kappa shape index (κ3) is 2.45. The maximum absolute atomic E-state index is 5.81. The highest BCUT2D eigenvalue weighted by atomic mass is 32.1. The van der Waals surface area contributed by atoms with Gasteiger partial charge in [-0.1, -0.05) is 19.8 Å². The molecule has 2 aliphatic rings. The zero-order valence-electron chi connectivity index (χ0n) is 11.9. The Hall–Kier alpha value is -0.830. The molecule has 2 nitrogen and oxygen atoms in total. The van der Waals surface area contributed by atoms with Crippen LogP contribution in [0, 0.1) is 0 Å². The van der Waals surface area contributed by atoms with Gasteiger partial charge in [-0.05, 0) is 44.2 Å². The zero-order valence-corrected chi connectivity index (χ0v) is 12.8. The zero-order chi connectivity index (χ0) is 13.2. The Kier molecular flexibility index (Phi) is 3.92. The van der Waals surface area contributed by atoms with Crippen LogP contribution in [-0.4, -0.2) is 18.5 Å². The van der Waals surface area contributed by atoms with Crippen LogP contribution >= 0.6 is 11.3 Å². The van der Waals surface area contributed by atoms with Gasteiger partial charge in [-0.3, -0.25) is 0 Å². The first-order valence-electron chi connectivity index (χ1n) is 7.67. The second-order valence-corrected chi connectivity index (χ2v) is 6.70. The number of nitrogens with zero attached hydrogens (tertiary/aromatic N) is 1. The molecule has 1 aromatic rings. The quantitative estimate of drug-likeness (QED) is 0.795. The summed E-state index contributed by atoms with van der Waals surface area (Å²) in [7, 11) is 0. The van der Waals surface area contributed by atoms with Crippen molar-refractivity contribution in [2.45, 2.75) is 64.3 Å². The minimum atomic E-state index is 0.435. The van der Waals surface area contributed by atoms with Gasteiger partial charge in [0, 0.05) is 10.8 Å². The Morgan fingerprint density at radius 3 is 3.05 bits per heavy atom. The summed E-state index contributed by atoms with van der Waals surface area (Å²) in [6.45, 7) is 5.02. The fourth-order valence-electron chi connectivity index (χ4n) is 3.37. The lowest BCUT2D eigenvalue weighted by molar-refractivity contribution is 0.323. The summed E-state index contributed by atoms with van der Waals surface area (Å²) < 4.78 is 5.81. The van der Waals surface area contributed by atoms with Crippen LogP contribution in [0.4, 0.5) is 0 Å². The summed E-state index contributed by atoms with van der Waals surface area (Å²) in [5, 5.41) is 0. The Morgan fingerprint density at radius 1 is 1.37 bits per heavy atom. The molecule has 2 bridgehead atoms. The Morgan fingerprint density at radius 2 is 2.26 bits per heavy atom. The second-order valence-electron chi connectivity index (χ2n) is 5.56. The topological polar surface area (TPSA) is 21.6 Å². The number of ether oxygens (including phenoxy) is 1. The van der Waals surface area contributed by atoms with Crippen LogP contribution in [0.15, 0.2) is 11.1 Å². The highest BCUT2D eigenvalue weighted by Crippen LogP contribution is 2.42. The average molecular weight is 277 g/mol. The van der Waals surface area contributed by atoms with Crippen LogP contribution in [0.5, 0.6) is 0 Å². The summed E-state index contributed by atoms with van der Waals surface area (Å²) >= 11 is 1.92. The van der Waals surface area contributed by atoms with Crippen molar-refractivity contribution in [2.75, 3.05) is 6.61 Å². The van der Waals surface area contributed by atoms with E-state index in [1.54, 1.807) is 10.4 Å². The maximum Gasteiger partial charge on any atom is 0.226 e. The summed E-state index contributed by atoms with van der Waals surface area (Å²) in [5.41, 5.74) is 1.59. The Balaban J connectivity index is 2.03. The first-order valence-corrected chi connectivity index (χ1v) is 8.48. The van der Waals surface area contributed by atoms with Crippen LogP contribution < -0.4 is 0 Å². The van der Waals surface area contributed by atoms with E-state index in [9.17, 15) is 0 Å². The van der Waals surface area contributed by atoms with Gasteiger partial charge in [0.05, 0.1) is 17.5 Å². The van der Waals surface area contributed by atoms with Gasteiger partial charge >= 0.3 is 0 Å².